The Kier molecular flexibility index (Phi) is 10.4. The lowest BCUT2D eigenvalue weighted by atomic mass is 10.0. The zero-order valence-electron chi connectivity index (χ0n) is 31.6. The fraction of sp³-hybridized carbons (Fsp3) is 0.217. The van der Waals surface area contributed by atoms with Gasteiger partial charge in [-0.2, -0.15) is 5.26 Å². The lowest BCUT2D eigenvalue weighted by Gasteiger charge is -2.11. The van der Waals surface area contributed by atoms with Gasteiger partial charge in [-0.3, -0.25) is 0 Å². The second kappa shape index (κ2) is 15.9. The van der Waals surface area contributed by atoms with Gasteiger partial charge in [-0.25, -0.2) is 14.8 Å². The maximum Gasteiger partial charge on any atom is 0.245 e. The summed E-state index contributed by atoms with van der Waals surface area (Å²) in [6.07, 6.45) is 2.07. The number of benzene rings is 4. The zero-order valence-corrected chi connectivity index (χ0v) is 33.3. The molecular weight excluding hydrogens is 733 g/mol. The van der Waals surface area contributed by atoms with Gasteiger partial charge in [-0.05, 0) is 95.8 Å². The molecule has 8 nitrogen and oxygen atoms in total. The van der Waals surface area contributed by atoms with Crippen LogP contribution in [0.3, 0.4) is 0 Å². The number of nitriles is 1. The Morgan fingerprint density at radius 3 is 1.64 bits per heavy atom. The first-order chi connectivity index (χ1) is 27.4. The monoisotopic (exact) mass is 772 g/mol. The van der Waals surface area contributed by atoms with Crippen LogP contribution in [0.5, 0.6) is 11.5 Å². The van der Waals surface area contributed by atoms with E-state index in [4.69, 9.17) is 26.0 Å². The molecule has 0 aliphatic rings. The summed E-state index contributed by atoms with van der Waals surface area (Å²) in [6, 6.07) is 34.4. The predicted octanol–water partition coefficient (Wildman–Crippen LogP) is 10.7. The maximum absolute atomic E-state index is 11.0. The van der Waals surface area contributed by atoms with E-state index >= 15 is 0 Å². The summed E-state index contributed by atoms with van der Waals surface area (Å²) in [6.45, 7) is 18.5. The minimum atomic E-state index is 0.398. The molecule has 2 unspecified atom stereocenters. The third-order valence-electron chi connectivity index (χ3n) is 10.2. The Balaban J connectivity index is 1.44. The maximum atomic E-state index is 11.0. The van der Waals surface area contributed by atoms with Gasteiger partial charge in [0.2, 0.25) is 5.70 Å². The number of ether oxygens (including phenoxy) is 2. The van der Waals surface area contributed by atoms with Crippen molar-refractivity contribution in [2.24, 2.45) is 11.8 Å². The number of nitrogens with one attached hydrogen (secondary N) is 2. The molecule has 2 N–H and O–H groups in total. The molecule has 0 spiro atoms. The lowest BCUT2D eigenvalue weighted by Crippen LogP contribution is -2.10. The molecule has 278 valence electrons. The van der Waals surface area contributed by atoms with Crippen molar-refractivity contribution in [2.45, 2.75) is 40.5 Å². The summed E-state index contributed by atoms with van der Waals surface area (Å²) >= 11 is 2.97. The Hall–Kier alpha value is -6.20. The van der Waals surface area contributed by atoms with Gasteiger partial charge >= 0.3 is 0 Å². The van der Waals surface area contributed by atoms with E-state index in [1.54, 1.807) is 0 Å². The van der Waals surface area contributed by atoms with Gasteiger partial charge < -0.3 is 19.4 Å². The van der Waals surface area contributed by atoms with Crippen LogP contribution >= 0.6 is 22.7 Å². The molecule has 8 aromatic rings. The van der Waals surface area contributed by atoms with E-state index in [2.05, 4.69) is 48.6 Å². The van der Waals surface area contributed by atoms with Crippen molar-refractivity contribution < 1.29 is 9.47 Å². The highest BCUT2D eigenvalue weighted by atomic mass is 32.1. The molecule has 10 heteroatoms. The minimum absolute atomic E-state index is 0.398. The number of thiazole rings is 2. The molecule has 0 bridgehead atoms. The summed E-state index contributed by atoms with van der Waals surface area (Å²) in [5.74, 6) is 2.44. The first-order valence-corrected chi connectivity index (χ1v) is 20.5. The third kappa shape index (κ3) is 7.06. The number of fused-ring (bicyclic) bond motifs is 3. The van der Waals surface area contributed by atoms with Crippen LogP contribution in [0.2, 0.25) is 0 Å². The standard InChI is InChI=1S/C46H40N6O2S2/c1-6-27(3)25-53-31-20-16-29(17-21-31)40-38-39(43(52-40)44(48-5)46-50-35-13-9-11-15-37(35)56-46)41(30-18-22-32(23-19-30)54-26-28(4)7-2)51-42(38)33(24-47)45-49-34-12-8-10-14-36(34)55-45/h8-23,27-28,51-52H,6-7,25-26H2,1-4H3/b42-33-,44-43+. The number of aromatic nitrogens is 4. The Labute approximate surface area is 333 Å². The van der Waals surface area contributed by atoms with Crippen LogP contribution in [0.1, 0.15) is 50.6 Å². The fourth-order valence-electron chi connectivity index (χ4n) is 6.57. The smallest absolute Gasteiger partial charge is 0.245 e. The highest BCUT2D eigenvalue weighted by Crippen LogP contribution is 2.35. The molecule has 0 saturated carbocycles. The van der Waals surface area contributed by atoms with Crippen molar-refractivity contribution in [3.05, 3.63) is 129 Å². The topological polar surface area (TPSA) is 104 Å². The van der Waals surface area contributed by atoms with Crippen LogP contribution in [-0.4, -0.2) is 33.1 Å². The second-order valence-corrected chi connectivity index (χ2v) is 16.2. The predicted molar refractivity (Wildman–Crippen MR) is 229 cm³/mol. The Morgan fingerprint density at radius 2 is 1.16 bits per heavy atom. The number of aromatic amines is 2. The fourth-order valence-corrected chi connectivity index (χ4v) is 8.50. The van der Waals surface area contributed by atoms with E-state index in [1.165, 1.54) is 22.7 Å². The summed E-state index contributed by atoms with van der Waals surface area (Å²) in [4.78, 5) is 21.4. The highest BCUT2D eigenvalue weighted by Gasteiger charge is 2.24. The molecule has 8 rings (SSSR count). The van der Waals surface area contributed by atoms with Gasteiger partial charge in [-0.1, -0.05) is 64.8 Å². The number of para-hydroxylation sites is 2. The number of H-pyrrole nitrogens is 2. The van der Waals surface area contributed by atoms with E-state index in [-0.39, 0.29) is 0 Å². The van der Waals surface area contributed by atoms with Crippen molar-refractivity contribution in [3.8, 4) is 40.1 Å². The molecule has 4 aromatic heterocycles. The van der Waals surface area contributed by atoms with E-state index in [1.807, 2.05) is 97.1 Å². The minimum Gasteiger partial charge on any atom is -0.493 e. The van der Waals surface area contributed by atoms with Gasteiger partial charge in [0, 0.05) is 10.8 Å². The van der Waals surface area contributed by atoms with Crippen LogP contribution in [0, 0.1) is 29.7 Å². The van der Waals surface area contributed by atoms with Crippen LogP contribution in [0.25, 0.3) is 69.8 Å². The number of nitrogens with zero attached hydrogens (tertiary/aromatic N) is 4. The Bertz CT molecular complexity index is 2640. The molecule has 0 radical (unpaired) electrons. The van der Waals surface area contributed by atoms with Crippen molar-refractivity contribution in [2.75, 3.05) is 13.2 Å². The highest BCUT2D eigenvalue weighted by molar-refractivity contribution is 7.20. The summed E-state index contributed by atoms with van der Waals surface area (Å²) < 4.78 is 14.2. The summed E-state index contributed by atoms with van der Waals surface area (Å²) in [5, 5.41) is 15.0. The molecule has 56 heavy (non-hydrogen) atoms. The van der Waals surface area contributed by atoms with Crippen molar-refractivity contribution in [1.29, 1.82) is 5.26 Å². The first-order valence-electron chi connectivity index (χ1n) is 18.9. The molecule has 0 fully saturated rings. The molecular formula is C46H40N6O2S2. The van der Waals surface area contributed by atoms with Crippen LogP contribution in [0.15, 0.2) is 97.1 Å². The molecule has 0 aliphatic heterocycles. The van der Waals surface area contributed by atoms with Gasteiger partial charge in [0.25, 0.3) is 0 Å². The van der Waals surface area contributed by atoms with E-state index in [9.17, 15) is 5.26 Å². The lowest BCUT2D eigenvalue weighted by molar-refractivity contribution is 0.256. The second-order valence-electron chi connectivity index (χ2n) is 14.1. The number of hydrogen-bond donors (Lipinski definition) is 2. The van der Waals surface area contributed by atoms with Gasteiger partial charge in [0.1, 0.15) is 33.2 Å². The Morgan fingerprint density at radius 1 is 0.696 bits per heavy atom. The number of hydrogen-bond acceptors (Lipinski definition) is 7. The van der Waals surface area contributed by atoms with Crippen molar-refractivity contribution >= 4 is 65.1 Å². The average molecular weight is 773 g/mol. The zero-order chi connectivity index (χ0) is 38.8. The molecule has 4 aromatic carbocycles. The van der Waals surface area contributed by atoms with Gasteiger partial charge in [0.15, 0.2) is 0 Å². The number of rotatable bonds is 12. The summed E-state index contributed by atoms with van der Waals surface area (Å²) in [5.41, 5.74) is 5.79. The quantitative estimate of drug-likeness (QED) is 0.120. The van der Waals surface area contributed by atoms with Gasteiger partial charge in [-0.15, -0.1) is 22.7 Å². The molecule has 0 aliphatic carbocycles. The van der Waals surface area contributed by atoms with Crippen molar-refractivity contribution in [1.82, 2.24) is 19.9 Å². The molecule has 0 amide bonds. The molecule has 4 heterocycles. The van der Waals surface area contributed by atoms with Gasteiger partial charge in [0.05, 0.1) is 62.3 Å². The van der Waals surface area contributed by atoms with E-state index in [0.29, 0.717) is 57.0 Å². The van der Waals surface area contributed by atoms with Crippen molar-refractivity contribution in [3.63, 3.8) is 0 Å². The van der Waals surface area contributed by atoms with E-state index in [0.717, 1.165) is 78.1 Å². The van der Waals surface area contributed by atoms with Crippen LogP contribution < -0.4 is 20.2 Å². The van der Waals surface area contributed by atoms with Crippen LogP contribution in [0.4, 0.5) is 0 Å². The normalized spacial score (nSPS) is 13.7. The first kappa shape index (κ1) is 36.8. The largest absolute Gasteiger partial charge is 0.493 e. The third-order valence-corrected chi connectivity index (χ3v) is 12.3. The summed E-state index contributed by atoms with van der Waals surface area (Å²) in [7, 11) is 0. The van der Waals surface area contributed by atoms with Crippen LogP contribution in [-0.2, 0) is 0 Å². The molecule has 2 atom stereocenters. The van der Waals surface area contributed by atoms with E-state index < -0.39 is 0 Å². The average Bonchev–Trinajstić information content (AvgIpc) is 4.03. The SMILES string of the molecule is [C-]#[N+]/C(c1nc2ccccc2s1)=c1/[nH]c(-c2ccc(OCC(C)CC)cc2)c2/c(=C(\C#N)c3nc4ccccc4s3)[nH]c(-c3ccc(OCC(C)CC)cc3)c12. The molecule has 0 saturated heterocycles.